The summed E-state index contributed by atoms with van der Waals surface area (Å²) in [5.41, 5.74) is 1.85. The fourth-order valence-corrected chi connectivity index (χ4v) is 7.49. The van der Waals surface area contributed by atoms with Crippen molar-refractivity contribution in [2.24, 2.45) is 17.8 Å². The minimum Gasteiger partial charge on any atom is -0.493 e. The van der Waals surface area contributed by atoms with E-state index in [1.54, 1.807) is 20.0 Å². The van der Waals surface area contributed by atoms with Crippen molar-refractivity contribution in [3.8, 4) is 22.8 Å². The van der Waals surface area contributed by atoms with Crippen molar-refractivity contribution >= 4 is 5.97 Å². The lowest BCUT2D eigenvalue weighted by molar-refractivity contribution is -0.157. The summed E-state index contributed by atoms with van der Waals surface area (Å²) >= 11 is 0. The highest BCUT2D eigenvalue weighted by Gasteiger charge is 2.61. The van der Waals surface area contributed by atoms with Gasteiger partial charge < -0.3 is 24.4 Å². The normalized spacial score (nSPS) is 28.1. The first-order chi connectivity index (χ1) is 21.4. The second-order valence-corrected chi connectivity index (χ2v) is 15.0. The molecule has 3 aromatic rings. The predicted molar refractivity (Wildman–Crippen MR) is 169 cm³/mol. The van der Waals surface area contributed by atoms with Gasteiger partial charge in [0, 0.05) is 35.4 Å². The Kier molecular flexibility index (Phi) is 7.96. The smallest absolute Gasteiger partial charge is 0.310 e. The van der Waals surface area contributed by atoms with Crippen molar-refractivity contribution in [3.63, 3.8) is 0 Å². The Labute approximate surface area is 268 Å². The molecule has 0 bridgehead atoms. The van der Waals surface area contributed by atoms with Crippen LogP contribution in [0.25, 0.3) is 11.1 Å². The number of aromatic nitrogens is 1. The van der Waals surface area contributed by atoms with Crippen molar-refractivity contribution in [1.29, 1.82) is 0 Å². The summed E-state index contributed by atoms with van der Waals surface area (Å²) < 4.78 is 47.7. The average molecular weight is 636 g/mol. The van der Waals surface area contributed by atoms with Crippen LogP contribution < -0.4 is 9.47 Å². The third-order valence-corrected chi connectivity index (χ3v) is 9.97. The first kappa shape index (κ1) is 32.4. The van der Waals surface area contributed by atoms with Crippen LogP contribution in [-0.2, 0) is 22.6 Å². The number of nitrogens with zero attached hydrogens (tertiary/aromatic N) is 1. The summed E-state index contributed by atoms with van der Waals surface area (Å²) in [6.45, 7) is 12.8. The highest BCUT2D eigenvalue weighted by atomic mass is 19.1. The molecule has 0 saturated heterocycles. The zero-order valence-corrected chi connectivity index (χ0v) is 27.5. The van der Waals surface area contributed by atoms with Gasteiger partial charge >= 0.3 is 5.97 Å². The van der Waals surface area contributed by atoms with E-state index in [2.05, 4.69) is 4.98 Å². The van der Waals surface area contributed by atoms with Crippen LogP contribution >= 0.6 is 0 Å². The Morgan fingerprint density at radius 3 is 2.26 bits per heavy atom. The average Bonchev–Trinajstić information content (AvgIpc) is 3.44. The SMILES string of the molecule is Cc1cc(OCC2C[C@](C)(O)[C@](C)(O)C2)cc(C)c1-c1cc(COc2cc3c(cn2)[C@H]2[C@H](C3)[C@@H]2C(=O)OC(C)(C)C)c(F)cc1F. The Balaban J connectivity index is 1.13. The summed E-state index contributed by atoms with van der Waals surface area (Å²) in [6, 6.07) is 7.85. The Bertz CT molecular complexity index is 1650. The minimum absolute atomic E-state index is 0.0117. The van der Waals surface area contributed by atoms with Gasteiger partial charge in [-0.15, -0.1) is 0 Å². The molecule has 3 aliphatic carbocycles. The molecule has 46 heavy (non-hydrogen) atoms. The largest absolute Gasteiger partial charge is 0.493 e. The van der Waals surface area contributed by atoms with Crippen molar-refractivity contribution in [3.05, 3.63) is 76.0 Å². The molecule has 0 radical (unpaired) electrons. The molecule has 2 saturated carbocycles. The second kappa shape index (κ2) is 11.3. The van der Waals surface area contributed by atoms with E-state index in [9.17, 15) is 19.4 Å². The van der Waals surface area contributed by atoms with Gasteiger partial charge in [0.25, 0.3) is 0 Å². The van der Waals surface area contributed by atoms with E-state index in [-0.39, 0.29) is 47.4 Å². The lowest BCUT2D eigenvalue weighted by Gasteiger charge is -2.31. The molecule has 0 spiro atoms. The van der Waals surface area contributed by atoms with Crippen LogP contribution in [0.15, 0.2) is 36.5 Å². The number of esters is 1. The number of aryl methyl sites for hydroxylation is 2. The van der Waals surface area contributed by atoms with Gasteiger partial charge in [0.05, 0.1) is 23.7 Å². The molecule has 6 atom stereocenters. The Morgan fingerprint density at radius 2 is 1.63 bits per heavy atom. The first-order valence-electron chi connectivity index (χ1n) is 16.0. The Morgan fingerprint density at radius 1 is 0.978 bits per heavy atom. The van der Waals surface area contributed by atoms with Crippen molar-refractivity contribution in [2.45, 2.75) is 97.1 Å². The monoisotopic (exact) mass is 635 g/mol. The zero-order chi connectivity index (χ0) is 33.3. The summed E-state index contributed by atoms with van der Waals surface area (Å²) in [5, 5.41) is 21.0. The van der Waals surface area contributed by atoms with Gasteiger partial charge in [0.15, 0.2) is 0 Å². The molecule has 0 amide bonds. The quantitative estimate of drug-likeness (QED) is 0.265. The highest BCUT2D eigenvalue weighted by molar-refractivity contribution is 5.80. The fraction of sp³-hybridized carbons (Fsp3) is 0.514. The molecule has 9 heteroatoms. The van der Waals surface area contributed by atoms with Crippen LogP contribution in [0.5, 0.6) is 11.6 Å². The number of carbonyl (C=O) groups excluding carboxylic acids is 1. The molecule has 6 rings (SSSR count). The molecule has 2 N–H and O–H groups in total. The third kappa shape index (κ3) is 6.11. The molecule has 1 unspecified atom stereocenters. The number of aliphatic hydroxyl groups is 2. The van der Waals surface area contributed by atoms with E-state index >= 15 is 4.39 Å². The van der Waals surface area contributed by atoms with E-state index in [0.717, 1.165) is 34.7 Å². The van der Waals surface area contributed by atoms with Crippen LogP contribution in [0.2, 0.25) is 0 Å². The number of benzene rings is 2. The molecule has 1 aromatic heterocycles. The first-order valence-corrected chi connectivity index (χ1v) is 16.0. The van der Waals surface area contributed by atoms with Gasteiger partial charge in [0.1, 0.15) is 29.6 Å². The lowest BCUT2D eigenvalue weighted by Crippen LogP contribution is -2.44. The molecule has 7 nitrogen and oxygen atoms in total. The molecule has 2 aromatic carbocycles. The van der Waals surface area contributed by atoms with Gasteiger partial charge in [-0.1, -0.05) is 0 Å². The number of halogens is 2. The molecule has 2 fully saturated rings. The van der Waals surface area contributed by atoms with E-state index in [1.165, 1.54) is 6.07 Å². The fourth-order valence-electron chi connectivity index (χ4n) is 7.49. The molecular weight excluding hydrogens is 592 g/mol. The van der Waals surface area contributed by atoms with E-state index in [4.69, 9.17) is 14.2 Å². The maximum atomic E-state index is 15.2. The lowest BCUT2D eigenvalue weighted by atomic mass is 9.90. The van der Waals surface area contributed by atoms with E-state index in [0.29, 0.717) is 36.6 Å². The van der Waals surface area contributed by atoms with Crippen LogP contribution in [0.1, 0.15) is 81.2 Å². The van der Waals surface area contributed by atoms with Crippen LogP contribution in [0, 0.1) is 43.2 Å². The highest BCUT2D eigenvalue weighted by Crippen LogP contribution is 2.62. The molecular formula is C37H43F2NO6. The van der Waals surface area contributed by atoms with Crippen molar-refractivity contribution in [2.75, 3.05) is 6.61 Å². The maximum Gasteiger partial charge on any atom is 0.310 e. The molecule has 246 valence electrons. The number of rotatable bonds is 8. The Hall–Kier alpha value is -3.56. The second-order valence-electron chi connectivity index (χ2n) is 15.0. The molecule has 0 aliphatic heterocycles. The topological polar surface area (TPSA) is 98.1 Å². The predicted octanol–water partition coefficient (Wildman–Crippen LogP) is 6.74. The zero-order valence-electron chi connectivity index (χ0n) is 27.5. The summed E-state index contributed by atoms with van der Waals surface area (Å²) in [4.78, 5) is 17.0. The van der Waals surface area contributed by atoms with Gasteiger partial charge in [-0.05, 0) is 126 Å². The van der Waals surface area contributed by atoms with Gasteiger partial charge in [-0.25, -0.2) is 13.8 Å². The third-order valence-electron chi connectivity index (χ3n) is 9.97. The van der Waals surface area contributed by atoms with Crippen molar-refractivity contribution < 1.29 is 38.0 Å². The van der Waals surface area contributed by atoms with E-state index in [1.807, 2.05) is 52.8 Å². The van der Waals surface area contributed by atoms with Crippen molar-refractivity contribution in [1.82, 2.24) is 4.98 Å². The number of pyridine rings is 1. The van der Waals surface area contributed by atoms with Crippen LogP contribution in [0.4, 0.5) is 8.78 Å². The summed E-state index contributed by atoms with van der Waals surface area (Å²) in [5.74, 6) is -0.428. The van der Waals surface area contributed by atoms with Crippen LogP contribution in [0.3, 0.4) is 0 Å². The van der Waals surface area contributed by atoms with Gasteiger partial charge in [-0.3, -0.25) is 4.79 Å². The van der Waals surface area contributed by atoms with Gasteiger partial charge in [-0.2, -0.15) is 0 Å². The number of hydrogen-bond donors (Lipinski definition) is 2. The van der Waals surface area contributed by atoms with E-state index < -0.39 is 28.4 Å². The molecule has 3 aliphatic rings. The molecule has 1 heterocycles. The number of carbonyl (C=O) groups is 1. The van der Waals surface area contributed by atoms with Crippen LogP contribution in [-0.4, -0.2) is 44.6 Å². The summed E-state index contributed by atoms with van der Waals surface area (Å²) in [6.07, 6.45) is 3.33. The van der Waals surface area contributed by atoms with Gasteiger partial charge in [0.2, 0.25) is 5.88 Å². The number of fused-ring (bicyclic) bond motifs is 3. The number of hydrogen-bond acceptors (Lipinski definition) is 7. The number of ether oxygens (including phenoxy) is 3. The minimum atomic E-state index is -1.18. The maximum absolute atomic E-state index is 15.2. The standard InChI is InChI=1S/C37H43F2NO6/c1-19-8-24(44-17-21-14-36(6,42)37(7,43)15-21)9-20(2)31(19)25-11-23(28(38)13-29(25)39)18-45-30-12-22-10-26-32(27(22)16-40-30)33(26)34(41)46-35(3,4)5/h8-9,11-13,16,21,26,32-33,42-43H,10,14-15,17-18H2,1-7H3/t21?,26-,32+,33-,36-,37+/m0/s1. The summed E-state index contributed by atoms with van der Waals surface area (Å²) in [7, 11) is 0.